The van der Waals surface area contributed by atoms with E-state index in [1.807, 2.05) is 6.08 Å². The molecule has 0 saturated heterocycles. The van der Waals surface area contributed by atoms with Crippen LogP contribution in [0.1, 0.15) is 26.7 Å². The van der Waals surface area contributed by atoms with Gasteiger partial charge in [-0.05, 0) is 26.7 Å². The molecule has 14 heavy (non-hydrogen) atoms. The minimum atomic E-state index is -0.278. The van der Waals surface area contributed by atoms with Crippen LogP contribution >= 0.6 is 59.9 Å². The zero-order valence-electron chi connectivity index (χ0n) is 8.56. The number of halogens is 3. The third kappa shape index (κ3) is 23.7. The molecule has 4 heteroatoms. The summed E-state index contributed by atoms with van der Waals surface area (Å²) in [4.78, 5) is -0.278. The van der Waals surface area contributed by atoms with Gasteiger partial charge in [-0.2, -0.15) is 0 Å². The van der Waals surface area contributed by atoms with Crippen molar-refractivity contribution in [1.82, 2.24) is 0 Å². The van der Waals surface area contributed by atoms with Gasteiger partial charge in [0.2, 0.25) is 0 Å². The zero-order chi connectivity index (χ0) is 11.6. The third-order valence-corrected chi connectivity index (χ3v) is 1.31. The summed E-state index contributed by atoms with van der Waals surface area (Å²) in [6.45, 7) is 11.7. The normalized spacial score (nSPS) is 8.71. The Kier molecular flexibility index (Phi) is 17.1. The second kappa shape index (κ2) is 13.1. The van der Waals surface area contributed by atoms with Gasteiger partial charge in [0.25, 0.3) is 0 Å². The molecule has 0 bridgehead atoms. The van der Waals surface area contributed by atoms with Crippen molar-refractivity contribution in [3.63, 3.8) is 0 Å². The molecule has 0 nitrogen and oxygen atoms in total. The molecule has 0 rings (SSSR count). The van der Waals surface area contributed by atoms with Crippen molar-refractivity contribution >= 4 is 59.9 Å². The predicted molar refractivity (Wildman–Crippen MR) is 90.1 cm³/mol. The van der Waals surface area contributed by atoms with Gasteiger partial charge in [0.15, 0.2) is 0 Å². The molecular weight excluding hydrogens is 552 g/mol. The minimum absolute atomic E-state index is 0.278. The van der Waals surface area contributed by atoms with E-state index in [4.69, 9.17) is 0 Å². The van der Waals surface area contributed by atoms with E-state index in [0.717, 1.165) is 18.4 Å². The molecular formula is C10H16I3V. The van der Waals surface area contributed by atoms with E-state index in [1.165, 1.54) is 5.57 Å². The van der Waals surface area contributed by atoms with E-state index in [0.29, 0.717) is 0 Å². The Morgan fingerprint density at radius 2 is 1.71 bits per heavy atom. The summed E-state index contributed by atoms with van der Waals surface area (Å²) in [6.07, 6.45) is 6.16. The topological polar surface area (TPSA) is 0 Å². The first-order valence-corrected chi connectivity index (χ1v) is 17.6. The number of allylic oxidation sites excluding steroid dienone is 4. The van der Waals surface area contributed by atoms with Gasteiger partial charge in [0.05, 0.1) is 0 Å². The van der Waals surface area contributed by atoms with E-state index in [1.54, 1.807) is 0 Å². The summed E-state index contributed by atoms with van der Waals surface area (Å²) in [7, 11) is 0. The Morgan fingerprint density at radius 3 is 2.00 bits per heavy atom. The van der Waals surface area contributed by atoms with Crippen molar-refractivity contribution in [3.05, 3.63) is 36.5 Å². The Balaban J connectivity index is 0. The van der Waals surface area contributed by atoms with Crippen molar-refractivity contribution in [1.29, 1.82) is 0 Å². The summed E-state index contributed by atoms with van der Waals surface area (Å²) in [5, 5.41) is 0. The quantitative estimate of drug-likeness (QED) is 0.218. The van der Waals surface area contributed by atoms with Gasteiger partial charge < -0.3 is 0 Å². The van der Waals surface area contributed by atoms with Crippen LogP contribution in [0.15, 0.2) is 36.5 Å². The zero-order valence-corrected chi connectivity index (χ0v) is 16.4. The Hall–Kier alpha value is 1.99. The maximum atomic E-state index is 3.82. The summed E-state index contributed by atoms with van der Waals surface area (Å²) < 4.78 is 0. The maximum absolute atomic E-state index is 3.82. The Morgan fingerprint density at radius 1 is 1.29 bits per heavy atom. The van der Waals surface area contributed by atoms with Gasteiger partial charge in [-0.25, -0.2) is 0 Å². The van der Waals surface area contributed by atoms with Crippen LogP contribution in [0.25, 0.3) is 0 Å². The number of hydrogen-bond acceptors (Lipinski definition) is 0. The van der Waals surface area contributed by atoms with Crippen LogP contribution in [0.5, 0.6) is 0 Å². The molecule has 0 aromatic rings. The van der Waals surface area contributed by atoms with E-state index in [9.17, 15) is 0 Å². The standard InChI is InChI=1S/C10H16.3HI.V/c1-5-10(4)8-6-7-9(2)3;;;;/h5,7H,1,4,6,8H2,2-3H3;3*1H;/q;;;;+3/p-3. The fraction of sp³-hybridized carbons (Fsp3) is 0.400. The summed E-state index contributed by atoms with van der Waals surface area (Å²) in [5.74, 6) is 0. The van der Waals surface area contributed by atoms with Gasteiger partial charge in [0, 0.05) is 0 Å². The molecule has 0 aliphatic heterocycles. The first kappa shape index (κ1) is 18.4. The SMILES string of the molecule is C=CC(=C)CCC=C(C)C.[I][V]([I])[I]. The van der Waals surface area contributed by atoms with Crippen LogP contribution < -0.4 is 0 Å². The molecule has 0 unspecified atom stereocenters. The fourth-order valence-corrected chi connectivity index (χ4v) is 0.648. The first-order chi connectivity index (χ1) is 6.40. The molecule has 0 N–H and O–H groups in total. The molecule has 0 atom stereocenters. The van der Waals surface area contributed by atoms with Gasteiger partial charge >= 0.3 is 64.9 Å². The van der Waals surface area contributed by atoms with Gasteiger partial charge in [-0.3, -0.25) is 0 Å². The predicted octanol–water partition coefficient (Wildman–Crippen LogP) is 6.13. The molecule has 0 aliphatic carbocycles. The molecule has 0 aromatic heterocycles. The summed E-state index contributed by atoms with van der Waals surface area (Å²) in [6, 6.07) is 0. The van der Waals surface area contributed by atoms with Gasteiger partial charge in [-0.15, -0.1) is 0 Å². The van der Waals surface area contributed by atoms with Crippen LogP contribution in [0, 0.1) is 0 Å². The molecule has 0 aromatic carbocycles. The van der Waals surface area contributed by atoms with Crippen LogP contribution in [0.4, 0.5) is 0 Å². The molecule has 0 fully saturated rings. The Bertz CT molecular complexity index is 191. The van der Waals surface area contributed by atoms with Crippen LogP contribution in [-0.2, 0) is 4.92 Å². The average Bonchev–Trinajstić information content (AvgIpc) is 2.02. The van der Waals surface area contributed by atoms with E-state index in [-0.39, 0.29) is 4.92 Å². The van der Waals surface area contributed by atoms with Crippen molar-refractivity contribution < 1.29 is 4.92 Å². The van der Waals surface area contributed by atoms with E-state index in [2.05, 4.69) is 93.0 Å². The monoisotopic (exact) mass is 568 g/mol. The molecule has 0 heterocycles. The van der Waals surface area contributed by atoms with Crippen LogP contribution in [0.3, 0.4) is 0 Å². The molecule has 0 spiro atoms. The fourth-order valence-electron chi connectivity index (χ4n) is 0.648. The molecule has 0 aliphatic rings. The molecule has 0 saturated carbocycles. The van der Waals surface area contributed by atoms with Gasteiger partial charge in [-0.1, -0.05) is 36.5 Å². The van der Waals surface area contributed by atoms with Crippen molar-refractivity contribution in [2.75, 3.05) is 0 Å². The van der Waals surface area contributed by atoms with Gasteiger partial charge in [0.1, 0.15) is 0 Å². The summed E-state index contributed by atoms with van der Waals surface area (Å²) >= 11 is 7.39. The van der Waals surface area contributed by atoms with Crippen molar-refractivity contribution in [2.45, 2.75) is 26.7 Å². The molecule has 82 valence electrons. The number of rotatable bonds is 4. The Labute approximate surface area is 126 Å². The first-order valence-electron chi connectivity index (χ1n) is 4.11. The number of hydrogen-bond donors (Lipinski definition) is 0. The second-order valence-corrected chi connectivity index (χ2v) is 38.2. The van der Waals surface area contributed by atoms with Crippen LogP contribution in [-0.4, -0.2) is 0 Å². The van der Waals surface area contributed by atoms with E-state index < -0.39 is 0 Å². The summed E-state index contributed by atoms with van der Waals surface area (Å²) in [5.41, 5.74) is 2.49. The van der Waals surface area contributed by atoms with Crippen molar-refractivity contribution in [2.24, 2.45) is 0 Å². The van der Waals surface area contributed by atoms with Crippen LogP contribution in [0.2, 0.25) is 0 Å². The average molecular weight is 568 g/mol. The van der Waals surface area contributed by atoms with Crippen molar-refractivity contribution in [3.8, 4) is 0 Å². The molecule has 0 amide bonds. The third-order valence-electron chi connectivity index (χ3n) is 1.31. The van der Waals surface area contributed by atoms with E-state index >= 15 is 0 Å². The molecule has 0 radical (unpaired) electrons. The second-order valence-electron chi connectivity index (χ2n) is 2.87.